The molecule has 0 aliphatic carbocycles. The van der Waals surface area contributed by atoms with E-state index < -0.39 is 5.97 Å². The topological polar surface area (TPSA) is 80.9 Å². The van der Waals surface area contributed by atoms with Crippen molar-refractivity contribution in [1.29, 1.82) is 0 Å². The summed E-state index contributed by atoms with van der Waals surface area (Å²) in [4.78, 5) is 10.9. The molecule has 0 unspecified atom stereocenters. The molecule has 1 N–H and O–H groups in total. The number of nitrogens with zero attached hydrogens (tertiary/aromatic N) is 4. The first-order chi connectivity index (χ1) is 7.59. The van der Waals surface area contributed by atoms with Crippen molar-refractivity contribution < 1.29 is 9.90 Å². The van der Waals surface area contributed by atoms with E-state index in [4.69, 9.17) is 5.11 Å². The highest BCUT2D eigenvalue weighted by atomic mass is 16.4. The van der Waals surface area contributed by atoms with E-state index in [0.717, 1.165) is 5.56 Å². The average Bonchev–Trinajstić information content (AvgIpc) is 2.65. The fraction of sp³-hybridized carbons (Fsp3) is 0.200. The van der Waals surface area contributed by atoms with Gasteiger partial charge in [0.05, 0.1) is 11.3 Å². The minimum absolute atomic E-state index is 0.218. The lowest BCUT2D eigenvalue weighted by molar-refractivity contribution is 0.0697. The fourth-order valence-corrected chi connectivity index (χ4v) is 1.42. The van der Waals surface area contributed by atoms with E-state index >= 15 is 0 Å². The number of aryl methyl sites for hydroxylation is 2. The van der Waals surface area contributed by atoms with Crippen molar-refractivity contribution in [2.75, 3.05) is 0 Å². The Bertz CT molecular complexity index is 548. The van der Waals surface area contributed by atoms with Crippen LogP contribution in [0.4, 0.5) is 0 Å². The molecule has 0 amide bonds. The molecule has 6 heteroatoms. The predicted molar refractivity (Wildman–Crippen MR) is 55.6 cm³/mol. The molecule has 0 spiro atoms. The highest BCUT2D eigenvalue weighted by Gasteiger charge is 2.10. The van der Waals surface area contributed by atoms with Gasteiger partial charge in [0.2, 0.25) is 0 Å². The maximum absolute atomic E-state index is 10.9. The Balaban J connectivity index is 2.60. The van der Waals surface area contributed by atoms with Gasteiger partial charge in [-0.05, 0) is 42.0 Å². The first kappa shape index (κ1) is 10.3. The summed E-state index contributed by atoms with van der Waals surface area (Å²) in [7, 11) is 0. The van der Waals surface area contributed by atoms with E-state index in [0.29, 0.717) is 11.5 Å². The Morgan fingerprint density at radius 1 is 1.38 bits per heavy atom. The number of rotatable bonds is 2. The quantitative estimate of drug-likeness (QED) is 0.812. The van der Waals surface area contributed by atoms with Gasteiger partial charge >= 0.3 is 5.97 Å². The number of carboxylic acid groups (broad SMARTS) is 1. The summed E-state index contributed by atoms with van der Waals surface area (Å²) in [5, 5.41) is 20.0. The molecule has 0 saturated carbocycles. The van der Waals surface area contributed by atoms with Gasteiger partial charge in [-0.2, -0.15) is 4.68 Å². The zero-order valence-corrected chi connectivity index (χ0v) is 8.88. The molecule has 1 aromatic carbocycles. The largest absolute Gasteiger partial charge is 0.478 e. The highest BCUT2D eigenvalue weighted by molar-refractivity contribution is 5.88. The van der Waals surface area contributed by atoms with E-state index in [1.54, 1.807) is 25.1 Å². The minimum Gasteiger partial charge on any atom is -0.478 e. The Labute approximate surface area is 91.5 Å². The summed E-state index contributed by atoms with van der Waals surface area (Å²) in [5.74, 6) is -0.349. The average molecular weight is 218 g/mol. The standard InChI is InChI=1S/C10H10N4O2/c1-6-3-4-8(10(15)16)5-9(6)14-7(2)11-12-13-14/h3-5H,1-2H3,(H,15,16). The summed E-state index contributed by atoms with van der Waals surface area (Å²) in [6, 6.07) is 4.85. The summed E-state index contributed by atoms with van der Waals surface area (Å²) in [6.45, 7) is 3.63. The SMILES string of the molecule is Cc1ccc(C(=O)O)cc1-n1nnnc1C. The van der Waals surface area contributed by atoms with Crippen molar-refractivity contribution in [2.24, 2.45) is 0 Å². The molecular formula is C10H10N4O2. The number of hydrogen-bond acceptors (Lipinski definition) is 4. The van der Waals surface area contributed by atoms with Crippen LogP contribution in [0.5, 0.6) is 0 Å². The monoisotopic (exact) mass is 218 g/mol. The fourth-order valence-electron chi connectivity index (χ4n) is 1.42. The van der Waals surface area contributed by atoms with Gasteiger partial charge in [0.25, 0.3) is 0 Å². The number of aromatic carboxylic acids is 1. The van der Waals surface area contributed by atoms with Crippen LogP contribution in [0.2, 0.25) is 0 Å². The highest BCUT2D eigenvalue weighted by Crippen LogP contribution is 2.15. The molecule has 82 valence electrons. The minimum atomic E-state index is -0.966. The van der Waals surface area contributed by atoms with Gasteiger partial charge in [-0.1, -0.05) is 6.07 Å². The van der Waals surface area contributed by atoms with E-state index in [2.05, 4.69) is 15.5 Å². The molecule has 6 nitrogen and oxygen atoms in total. The molecule has 2 aromatic rings. The van der Waals surface area contributed by atoms with Gasteiger partial charge in [0.15, 0.2) is 5.82 Å². The Kier molecular flexibility index (Phi) is 2.40. The van der Waals surface area contributed by atoms with Gasteiger partial charge in [-0.3, -0.25) is 0 Å². The molecule has 16 heavy (non-hydrogen) atoms. The molecule has 0 saturated heterocycles. The second kappa shape index (κ2) is 3.73. The Morgan fingerprint density at radius 2 is 2.12 bits per heavy atom. The van der Waals surface area contributed by atoms with Crippen molar-refractivity contribution in [3.05, 3.63) is 35.2 Å². The molecular weight excluding hydrogens is 208 g/mol. The second-order valence-electron chi connectivity index (χ2n) is 3.44. The van der Waals surface area contributed by atoms with Crippen molar-refractivity contribution in [1.82, 2.24) is 20.2 Å². The summed E-state index contributed by atoms with van der Waals surface area (Å²) in [6.07, 6.45) is 0. The van der Waals surface area contributed by atoms with Crippen molar-refractivity contribution in [3.8, 4) is 5.69 Å². The third-order valence-electron chi connectivity index (χ3n) is 2.31. The molecule has 2 rings (SSSR count). The van der Waals surface area contributed by atoms with Crippen molar-refractivity contribution >= 4 is 5.97 Å². The number of benzene rings is 1. The molecule has 0 atom stereocenters. The molecule has 0 aliphatic rings. The lowest BCUT2D eigenvalue weighted by atomic mass is 10.1. The van der Waals surface area contributed by atoms with E-state index in [-0.39, 0.29) is 5.56 Å². The van der Waals surface area contributed by atoms with Crippen LogP contribution >= 0.6 is 0 Å². The van der Waals surface area contributed by atoms with Crippen LogP contribution in [0.3, 0.4) is 0 Å². The lowest BCUT2D eigenvalue weighted by Crippen LogP contribution is -2.05. The summed E-state index contributed by atoms with van der Waals surface area (Å²) < 4.78 is 1.52. The zero-order valence-electron chi connectivity index (χ0n) is 8.88. The predicted octanol–water partition coefficient (Wildman–Crippen LogP) is 0.977. The van der Waals surface area contributed by atoms with Crippen LogP contribution < -0.4 is 0 Å². The van der Waals surface area contributed by atoms with Crippen LogP contribution in [0.15, 0.2) is 18.2 Å². The third-order valence-corrected chi connectivity index (χ3v) is 2.31. The number of aromatic nitrogens is 4. The second-order valence-corrected chi connectivity index (χ2v) is 3.44. The molecule has 0 bridgehead atoms. The number of tetrazole rings is 1. The van der Waals surface area contributed by atoms with E-state index in [1.807, 2.05) is 6.92 Å². The third kappa shape index (κ3) is 1.65. The Hall–Kier alpha value is -2.24. The first-order valence-electron chi connectivity index (χ1n) is 4.69. The first-order valence-corrected chi connectivity index (χ1v) is 4.69. The van der Waals surface area contributed by atoms with Gasteiger partial charge in [-0.15, -0.1) is 5.10 Å². The van der Waals surface area contributed by atoms with Crippen LogP contribution in [0.1, 0.15) is 21.7 Å². The summed E-state index contributed by atoms with van der Waals surface area (Å²) >= 11 is 0. The lowest BCUT2D eigenvalue weighted by Gasteiger charge is -2.06. The van der Waals surface area contributed by atoms with E-state index in [1.165, 1.54) is 4.68 Å². The normalized spacial score (nSPS) is 10.4. The van der Waals surface area contributed by atoms with Crippen LogP contribution in [-0.4, -0.2) is 31.3 Å². The molecule has 0 radical (unpaired) electrons. The number of hydrogen-bond donors (Lipinski definition) is 1. The van der Waals surface area contributed by atoms with Gasteiger partial charge in [0, 0.05) is 0 Å². The van der Waals surface area contributed by atoms with Gasteiger partial charge in [-0.25, -0.2) is 4.79 Å². The summed E-state index contributed by atoms with van der Waals surface area (Å²) in [5.41, 5.74) is 1.82. The van der Waals surface area contributed by atoms with Crippen LogP contribution in [0, 0.1) is 13.8 Å². The molecule has 0 fully saturated rings. The smallest absolute Gasteiger partial charge is 0.335 e. The Morgan fingerprint density at radius 3 is 2.69 bits per heavy atom. The van der Waals surface area contributed by atoms with Crippen molar-refractivity contribution in [3.63, 3.8) is 0 Å². The molecule has 1 heterocycles. The number of carboxylic acids is 1. The van der Waals surface area contributed by atoms with Gasteiger partial charge < -0.3 is 5.11 Å². The number of carbonyl (C=O) groups is 1. The van der Waals surface area contributed by atoms with Crippen LogP contribution in [-0.2, 0) is 0 Å². The molecule has 1 aromatic heterocycles. The van der Waals surface area contributed by atoms with Crippen LogP contribution in [0.25, 0.3) is 5.69 Å². The van der Waals surface area contributed by atoms with E-state index in [9.17, 15) is 4.79 Å². The maximum Gasteiger partial charge on any atom is 0.335 e. The maximum atomic E-state index is 10.9. The zero-order chi connectivity index (χ0) is 11.7. The van der Waals surface area contributed by atoms with Crippen molar-refractivity contribution in [2.45, 2.75) is 13.8 Å². The van der Waals surface area contributed by atoms with Gasteiger partial charge in [0.1, 0.15) is 0 Å². The molecule has 0 aliphatic heterocycles.